The quantitative estimate of drug-likeness (QED) is 0.843. The van der Waals surface area contributed by atoms with E-state index < -0.39 is 0 Å². The zero-order valence-electron chi connectivity index (χ0n) is 13.4. The minimum Gasteiger partial charge on any atom is -0.370 e. The fraction of sp³-hybridized carbons (Fsp3) is 0.562. The van der Waals surface area contributed by atoms with Crippen LogP contribution in [-0.2, 0) is 6.42 Å². The third-order valence-electron chi connectivity index (χ3n) is 3.29. The monoisotopic (exact) mass is 287 g/mol. The molecule has 5 heteroatoms. The standard InChI is InChI=1S/C16H25N5/c1-5-7-13-9-15(18-8-6-2)20-16(19-13)14-10-17-11-21(14)12(3)4/h9-12H,5-8H2,1-4H3,(H,18,19,20). The largest absolute Gasteiger partial charge is 0.370 e. The molecule has 0 aromatic carbocycles. The molecule has 0 aliphatic heterocycles. The summed E-state index contributed by atoms with van der Waals surface area (Å²) in [7, 11) is 0. The first-order valence-electron chi connectivity index (χ1n) is 7.79. The van der Waals surface area contributed by atoms with E-state index in [0.29, 0.717) is 6.04 Å². The smallest absolute Gasteiger partial charge is 0.180 e. The normalized spacial score (nSPS) is 11.1. The van der Waals surface area contributed by atoms with Crippen LogP contribution in [0.5, 0.6) is 0 Å². The predicted molar refractivity (Wildman–Crippen MR) is 86.4 cm³/mol. The van der Waals surface area contributed by atoms with Gasteiger partial charge in [0.15, 0.2) is 5.82 Å². The summed E-state index contributed by atoms with van der Waals surface area (Å²) in [4.78, 5) is 13.6. The van der Waals surface area contributed by atoms with Gasteiger partial charge in [0, 0.05) is 24.3 Å². The summed E-state index contributed by atoms with van der Waals surface area (Å²) in [5.74, 6) is 1.66. The highest BCUT2D eigenvalue weighted by molar-refractivity contribution is 5.53. The second-order valence-electron chi connectivity index (χ2n) is 5.52. The molecule has 114 valence electrons. The molecule has 0 spiro atoms. The number of aryl methyl sites for hydroxylation is 1. The lowest BCUT2D eigenvalue weighted by Gasteiger charge is -2.13. The molecule has 2 aromatic heterocycles. The van der Waals surface area contributed by atoms with Gasteiger partial charge in [0.1, 0.15) is 11.5 Å². The molecule has 5 nitrogen and oxygen atoms in total. The Balaban J connectivity index is 2.41. The summed E-state index contributed by atoms with van der Waals surface area (Å²) in [6, 6.07) is 2.40. The van der Waals surface area contributed by atoms with Crippen LogP contribution in [0.15, 0.2) is 18.6 Å². The Morgan fingerprint density at radius 3 is 2.67 bits per heavy atom. The molecule has 2 aromatic rings. The van der Waals surface area contributed by atoms with Crippen LogP contribution in [0.1, 0.15) is 52.3 Å². The fourth-order valence-corrected chi connectivity index (χ4v) is 2.23. The number of imidazole rings is 1. The Labute approximate surface area is 126 Å². The third kappa shape index (κ3) is 3.80. The van der Waals surface area contributed by atoms with Crippen LogP contribution in [0, 0.1) is 0 Å². The topological polar surface area (TPSA) is 55.6 Å². The van der Waals surface area contributed by atoms with Gasteiger partial charge in [-0.25, -0.2) is 15.0 Å². The van der Waals surface area contributed by atoms with Gasteiger partial charge in [-0.15, -0.1) is 0 Å². The second kappa shape index (κ2) is 7.20. The summed E-state index contributed by atoms with van der Waals surface area (Å²) in [6.07, 6.45) is 6.80. The first-order valence-corrected chi connectivity index (χ1v) is 7.79. The molecule has 0 amide bonds. The van der Waals surface area contributed by atoms with Gasteiger partial charge < -0.3 is 9.88 Å². The van der Waals surface area contributed by atoms with Gasteiger partial charge in [0.2, 0.25) is 0 Å². The number of aromatic nitrogens is 4. The Bertz CT molecular complexity index is 574. The predicted octanol–water partition coefficient (Wildman–Crippen LogP) is 3.70. The van der Waals surface area contributed by atoms with Crippen molar-refractivity contribution in [1.29, 1.82) is 0 Å². The van der Waals surface area contributed by atoms with Gasteiger partial charge >= 0.3 is 0 Å². The van der Waals surface area contributed by atoms with Crippen molar-refractivity contribution in [2.45, 2.75) is 53.0 Å². The SMILES string of the molecule is CCCNc1cc(CCC)nc(-c2cncn2C(C)C)n1. The maximum atomic E-state index is 4.70. The molecule has 0 saturated heterocycles. The lowest BCUT2D eigenvalue weighted by molar-refractivity contribution is 0.603. The molecule has 0 fully saturated rings. The average Bonchev–Trinajstić information content (AvgIpc) is 2.95. The first-order chi connectivity index (χ1) is 10.2. The van der Waals surface area contributed by atoms with Crippen molar-refractivity contribution in [2.24, 2.45) is 0 Å². The van der Waals surface area contributed by atoms with Crippen LogP contribution in [0.2, 0.25) is 0 Å². The fourth-order valence-electron chi connectivity index (χ4n) is 2.23. The zero-order valence-corrected chi connectivity index (χ0v) is 13.4. The highest BCUT2D eigenvalue weighted by Gasteiger charge is 2.12. The Hall–Kier alpha value is -1.91. The molecule has 1 N–H and O–H groups in total. The second-order valence-corrected chi connectivity index (χ2v) is 5.52. The number of hydrogen-bond acceptors (Lipinski definition) is 4. The molecule has 0 unspecified atom stereocenters. The Morgan fingerprint density at radius 2 is 2.00 bits per heavy atom. The summed E-state index contributed by atoms with van der Waals surface area (Å²) >= 11 is 0. The van der Waals surface area contributed by atoms with E-state index in [1.54, 1.807) is 0 Å². The van der Waals surface area contributed by atoms with Gasteiger partial charge in [-0.3, -0.25) is 0 Å². The van der Waals surface area contributed by atoms with E-state index in [1.807, 2.05) is 12.5 Å². The maximum absolute atomic E-state index is 4.70. The number of nitrogens with zero attached hydrogens (tertiary/aromatic N) is 4. The van der Waals surface area contributed by atoms with Crippen LogP contribution in [0.25, 0.3) is 11.5 Å². The lowest BCUT2D eigenvalue weighted by Crippen LogP contribution is -2.08. The summed E-state index contributed by atoms with van der Waals surface area (Å²) in [6.45, 7) is 9.51. The summed E-state index contributed by atoms with van der Waals surface area (Å²) < 4.78 is 2.11. The first kappa shape index (κ1) is 15.5. The molecule has 0 bridgehead atoms. The van der Waals surface area contributed by atoms with E-state index >= 15 is 0 Å². The van der Waals surface area contributed by atoms with E-state index in [-0.39, 0.29) is 0 Å². The van der Waals surface area contributed by atoms with Crippen molar-refractivity contribution in [3.05, 3.63) is 24.3 Å². The van der Waals surface area contributed by atoms with Crippen LogP contribution in [0.3, 0.4) is 0 Å². The Morgan fingerprint density at radius 1 is 1.19 bits per heavy atom. The molecule has 2 rings (SSSR count). The summed E-state index contributed by atoms with van der Waals surface area (Å²) in [5.41, 5.74) is 2.06. The molecule has 0 aliphatic rings. The highest BCUT2D eigenvalue weighted by Crippen LogP contribution is 2.21. The van der Waals surface area contributed by atoms with E-state index in [9.17, 15) is 0 Å². The van der Waals surface area contributed by atoms with Gasteiger partial charge in [-0.2, -0.15) is 0 Å². The Kier molecular flexibility index (Phi) is 5.31. The lowest BCUT2D eigenvalue weighted by atomic mass is 10.2. The van der Waals surface area contributed by atoms with Crippen molar-refractivity contribution in [3.63, 3.8) is 0 Å². The number of anilines is 1. The van der Waals surface area contributed by atoms with E-state index in [2.05, 4.69) is 53.6 Å². The molecular formula is C16H25N5. The molecule has 0 saturated carbocycles. The zero-order chi connectivity index (χ0) is 15.2. The molecule has 21 heavy (non-hydrogen) atoms. The van der Waals surface area contributed by atoms with Crippen molar-refractivity contribution in [1.82, 2.24) is 19.5 Å². The van der Waals surface area contributed by atoms with E-state index in [1.165, 1.54) is 0 Å². The van der Waals surface area contributed by atoms with Crippen molar-refractivity contribution >= 4 is 5.82 Å². The maximum Gasteiger partial charge on any atom is 0.180 e. The van der Waals surface area contributed by atoms with E-state index in [4.69, 9.17) is 4.98 Å². The minimum absolute atomic E-state index is 0.341. The van der Waals surface area contributed by atoms with Crippen LogP contribution in [-0.4, -0.2) is 26.1 Å². The van der Waals surface area contributed by atoms with Crippen molar-refractivity contribution in [2.75, 3.05) is 11.9 Å². The summed E-state index contributed by atoms with van der Waals surface area (Å²) in [5, 5.41) is 3.36. The molecule has 0 atom stereocenters. The van der Waals surface area contributed by atoms with Crippen LogP contribution >= 0.6 is 0 Å². The molecular weight excluding hydrogens is 262 g/mol. The van der Waals surface area contributed by atoms with Gasteiger partial charge in [-0.05, 0) is 26.7 Å². The van der Waals surface area contributed by atoms with Crippen molar-refractivity contribution in [3.8, 4) is 11.5 Å². The van der Waals surface area contributed by atoms with Crippen LogP contribution in [0.4, 0.5) is 5.82 Å². The minimum atomic E-state index is 0.341. The van der Waals surface area contributed by atoms with Gasteiger partial charge in [0.25, 0.3) is 0 Å². The average molecular weight is 287 g/mol. The van der Waals surface area contributed by atoms with Crippen LogP contribution < -0.4 is 5.32 Å². The van der Waals surface area contributed by atoms with Gasteiger partial charge in [-0.1, -0.05) is 20.3 Å². The third-order valence-corrected chi connectivity index (χ3v) is 3.29. The molecule has 0 radical (unpaired) electrons. The van der Waals surface area contributed by atoms with E-state index in [0.717, 1.165) is 48.8 Å². The molecule has 2 heterocycles. The highest BCUT2D eigenvalue weighted by atomic mass is 15.1. The van der Waals surface area contributed by atoms with Crippen molar-refractivity contribution < 1.29 is 0 Å². The number of rotatable bonds is 7. The van der Waals surface area contributed by atoms with Gasteiger partial charge in [0.05, 0.1) is 12.5 Å². The number of nitrogens with one attached hydrogen (secondary N) is 1. The number of hydrogen-bond donors (Lipinski definition) is 1. The molecule has 0 aliphatic carbocycles.